The molecule has 0 rings (SSSR count). The predicted molar refractivity (Wildman–Crippen MR) is 72.2 cm³/mol. The summed E-state index contributed by atoms with van der Waals surface area (Å²) in [6.07, 6.45) is 5.96. The quantitative estimate of drug-likeness (QED) is 0.342. The van der Waals surface area contributed by atoms with Gasteiger partial charge in [-0.1, -0.05) is 32.8 Å². The Morgan fingerprint density at radius 1 is 1.17 bits per heavy atom. The number of amides is 1. The van der Waals surface area contributed by atoms with E-state index in [1.807, 2.05) is 0 Å². The molecular weight excluding hydrogens is 230 g/mol. The summed E-state index contributed by atoms with van der Waals surface area (Å²) < 4.78 is 4.85. The van der Waals surface area contributed by atoms with E-state index in [1.54, 1.807) is 11.8 Å². The minimum atomic E-state index is -0.257. The normalized spacial score (nSPS) is 9.89. The van der Waals surface area contributed by atoms with Gasteiger partial charge >= 0.3 is 5.97 Å². The van der Waals surface area contributed by atoms with Gasteiger partial charge in [-0.05, 0) is 19.4 Å². The number of carbonyl (C=O) groups is 2. The van der Waals surface area contributed by atoms with Crippen LogP contribution in [0.1, 0.15) is 46.0 Å². The Labute approximate surface area is 110 Å². The maximum Gasteiger partial charge on any atom is 0.307 e. The highest BCUT2D eigenvalue weighted by Crippen LogP contribution is 2.03. The molecule has 1 amide bonds. The Morgan fingerprint density at radius 2 is 1.89 bits per heavy atom. The lowest BCUT2D eigenvalue weighted by Crippen LogP contribution is -2.32. The number of nitrogens with zero attached hydrogens (tertiary/aromatic N) is 1. The summed E-state index contributed by atoms with van der Waals surface area (Å²) in [4.78, 5) is 24.5. The Hall–Kier alpha value is -1.32. The summed E-state index contributed by atoms with van der Waals surface area (Å²) in [6, 6.07) is 0. The first-order chi connectivity index (χ1) is 8.65. The summed E-state index contributed by atoms with van der Waals surface area (Å²) in [6.45, 7) is 8.88. The third-order valence-corrected chi connectivity index (χ3v) is 2.66. The average molecular weight is 255 g/mol. The van der Waals surface area contributed by atoms with Crippen LogP contribution in [0.15, 0.2) is 12.7 Å². The molecule has 18 heavy (non-hydrogen) atoms. The van der Waals surface area contributed by atoms with Gasteiger partial charge in [-0.2, -0.15) is 0 Å². The molecule has 4 nitrogen and oxygen atoms in total. The highest BCUT2D eigenvalue weighted by molar-refractivity contribution is 5.87. The van der Waals surface area contributed by atoms with Crippen molar-refractivity contribution < 1.29 is 14.3 Å². The molecule has 0 saturated carbocycles. The zero-order chi connectivity index (χ0) is 13.8. The first-order valence-electron chi connectivity index (χ1n) is 6.72. The smallest absolute Gasteiger partial charge is 0.307 e. The van der Waals surface area contributed by atoms with Crippen molar-refractivity contribution in [2.45, 2.75) is 46.0 Å². The third kappa shape index (κ3) is 7.87. The molecule has 0 atom stereocenters. The van der Waals surface area contributed by atoms with Crippen molar-refractivity contribution in [3.63, 3.8) is 0 Å². The van der Waals surface area contributed by atoms with Crippen LogP contribution in [0.5, 0.6) is 0 Å². The molecule has 104 valence electrons. The first kappa shape index (κ1) is 16.7. The van der Waals surface area contributed by atoms with Crippen LogP contribution in [0.3, 0.4) is 0 Å². The predicted octanol–water partition coefficient (Wildman–Crippen LogP) is 2.53. The molecule has 0 aliphatic carbocycles. The highest BCUT2D eigenvalue weighted by Gasteiger charge is 2.12. The summed E-state index contributed by atoms with van der Waals surface area (Å²) >= 11 is 0. The SMILES string of the molecule is C=CC(=O)N(CCCCCC)CCC(=O)OCC. The second-order valence-electron chi connectivity index (χ2n) is 4.15. The van der Waals surface area contributed by atoms with E-state index in [9.17, 15) is 9.59 Å². The molecule has 0 bridgehead atoms. The van der Waals surface area contributed by atoms with Crippen LogP contribution in [0, 0.1) is 0 Å². The molecule has 0 N–H and O–H groups in total. The van der Waals surface area contributed by atoms with Gasteiger partial charge in [0.05, 0.1) is 13.0 Å². The summed E-state index contributed by atoms with van der Waals surface area (Å²) in [5, 5.41) is 0. The summed E-state index contributed by atoms with van der Waals surface area (Å²) in [5.41, 5.74) is 0. The lowest BCUT2D eigenvalue weighted by atomic mass is 10.2. The fraction of sp³-hybridized carbons (Fsp3) is 0.714. The largest absolute Gasteiger partial charge is 0.466 e. The number of hydrogen-bond donors (Lipinski definition) is 0. The first-order valence-corrected chi connectivity index (χ1v) is 6.72. The van der Waals surface area contributed by atoms with Gasteiger partial charge in [0.2, 0.25) is 5.91 Å². The van der Waals surface area contributed by atoms with Crippen LogP contribution in [0.2, 0.25) is 0 Å². The number of esters is 1. The number of hydrogen-bond acceptors (Lipinski definition) is 3. The number of rotatable bonds is 10. The van der Waals surface area contributed by atoms with Gasteiger partial charge in [0, 0.05) is 13.1 Å². The van der Waals surface area contributed by atoms with E-state index in [1.165, 1.54) is 12.5 Å². The molecule has 0 fully saturated rings. The number of carbonyl (C=O) groups excluding carboxylic acids is 2. The molecule has 0 aromatic carbocycles. The van der Waals surface area contributed by atoms with Gasteiger partial charge in [0.25, 0.3) is 0 Å². The lowest BCUT2D eigenvalue weighted by molar-refractivity contribution is -0.143. The second-order valence-corrected chi connectivity index (χ2v) is 4.15. The topological polar surface area (TPSA) is 46.6 Å². The van der Waals surface area contributed by atoms with Crippen molar-refractivity contribution in [2.24, 2.45) is 0 Å². The molecule has 0 heterocycles. The zero-order valence-electron chi connectivity index (χ0n) is 11.6. The van der Waals surface area contributed by atoms with Crippen molar-refractivity contribution in [3.8, 4) is 0 Å². The lowest BCUT2D eigenvalue weighted by Gasteiger charge is -2.20. The van der Waals surface area contributed by atoms with Crippen LogP contribution < -0.4 is 0 Å². The van der Waals surface area contributed by atoms with Crippen molar-refractivity contribution in [1.29, 1.82) is 0 Å². The van der Waals surface area contributed by atoms with Crippen molar-refractivity contribution in [2.75, 3.05) is 19.7 Å². The molecule has 4 heteroatoms. The van der Waals surface area contributed by atoms with E-state index in [-0.39, 0.29) is 18.3 Å². The summed E-state index contributed by atoms with van der Waals surface area (Å²) in [7, 11) is 0. The average Bonchev–Trinajstić information content (AvgIpc) is 2.37. The maximum absolute atomic E-state index is 11.6. The van der Waals surface area contributed by atoms with Gasteiger partial charge in [-0.15, -0.1) is 0 Å². The van der Waals surface area contributed by atoms with Crippen molar-refractivity contribution in [1.82, 2.24) is 4.90 Å². The van der Waals surface area contributed by atoms with E-state index < -0.39 is 0 Å². The van der Waals surface area contributed by atoms with E-state index >= 15 is 0 Å². The maximum atomic E-state index is 11.6. The van der Waals surface area contributed by atoms with Crippen LogP contribution >= 0.6 is 0 Å². The van der Waals surface area contributed by atoms with Gasteiger partial charge in [0.15, 0.2) is 0 Å². The van der Waals surface area contributed by atoms with Crippen LogP contribution in [0.25, 0.3) is 0 Å². The van der Waals surface area contributed by atoms with Gasteiger partial charge in [-0.3, -0.25) is 9.59 Å². The highest BCUT2D eigenvalue weighted by atomic mass is 16.5. The minimum absolute atomic E-state index is 0.115. The Morgan fingerprint density at radius 3 is 2.44 bits per heavy atom. The van der Waals surface area contributed by atoms with E-state index in [0.29, 0.717) is 19.7 Å². The fourth-order valence-electron chi connectivity index (χ4n) is 1.65. The van der Waals surface area contributed by atoms with Gasteiger partial charge in [-0.25, -0.2) is 0 Å². The molecular formula is C14H25NO3. The van der Waals surface area contributed by atoms with Crippen molar-refractivity contribution in [3.05, 3.63) is 12.7 Å². The minimum Gasteiger partial charge on any atom is -0.466 e. The van der Waals surface area contributed by atoms with Crippen molar-refractivity contribution >= 4 is 11.9 Å². The number of unbranched alkanes of at least 4 members (excludes halogenated alkanes) is 3. The van der Waals surface area contributed by atoms with E-state index in [2.05, 4.69) is 13.5 Å². The number of ether oxygens (including phenoxy) is 1. The van der Waals surface area contributed by atoms with E-state index in [0.717, 1.165) is 19.3 Å². The molecule has 0 aromatic rings. The molecule has 0 aromatic heterocycles. The van der Waals surface area contributed by atoms with Crippen LogP contribution in [-0.4, -0.2) is 36.5 Å². The van der Waals surface area contributed by atoms with Gasteiger partial charge in [0.1, 0.15) is 0 Å². The molecule has 0 spiro atoms. The van der Waals surface area contributed by atoms with Gasteiger partial charge < -0.3 is 9.64 Å². The Kier molecular flexibility index (Phi) is 10.0. The molecule has 0 aliphatic heterocycles. The van der Waals surface area contributed by atoms with E-state index in [4.69, 9.17) is 4.74 Å². The molecule has 0 saturated heterocycles. The third-order valence-electron chi connectivity index (χ3n) is 2.66. The second kappa shape index (κ2) is 10.8. The Bertz CT molecular complexity index is 264. The standard InChI is InChI=1S/C14H25NO3/c1-4-7-8-9-11-15(13(16)5-2)12-10-14(17)18-6-3/h5H,2,4,6-12H2,1,3H3. The summed E-state index contributed by atoms with van der Waals surface area (Å²) in [5.74, 6) is -0.372. The monoisotopic (exact) mass is 255 g/mol. The Balaban J connectivity index is 4.03. The molecule has 0 radical (unpaired) electrons. The molecule has 0 unspecified atom stereocenters. The van der Waals surface area contributed by atoms with Crippen LogP contribution in [0.4, 0.5) is 0 Å². The fourth-order valence-corrected chi connectivity index (χ4v) is 1.65. The van der Waals surface area contributed by atoms with Crippen LogP contribution in [-0.2, 0) is 14.3 Å². The molecule has 0 aliphatic rings. The zero-order valence-corrected chi connectivity index (χ0v) is 11.6.